The van der Waals surface area contributed by atoms with E-state index >= 15 is 0 Å². The van der Waals surface area contributed by atoms with Gasteiger partial charge in [0, 0.05) is 0 Å². The van der Waals surface area contributed by atoms with Gasteiger partial charge < -0.3 is 9.85 Å². The molecule has 1 fully saturated rings. The van der Waals surface area contributed by atoms with E-state index in [4.69, 9.17) is 11.6 Å². The van der Waals surface area contributed by atoms with Crippen LogP contribution in [0.5, 0.6) is 0 Å². The van der Waals surface area contributed by atoms with E-state index < -0.39 is 27.9 Å². The number of quaternary nitrogens is 1. The molecule has 0 aromatic carbocycles. The van der Waals surface area contributed by atoms with Crippen LogP contribution in [0.1, 0.15) is 0 Å². The topological polar surface area (TPSA) is 23.1 Å². The average molecular weight is 200 g/mol. The van der Waals surface area contributed by atoms with Gasteiger partial charge in [0.15, 0.2) is 6.04 Å². The van der Waals surface area contributed by atoms with Crippen molar-refractivity contribution in [2.24, 2.45) is 0 Å². The Balaban J connectivity index is 2.24. The van der Waals surface area contributed by atoms with Crippen LogP contribution in [0.15, 0.2) is 11.6 Å². The van der Waals surface area contributed by atoms with Gasteiger partial charge in [0.25, 0.3) is 0 Å². The van der Waals surface area contributed by atoms with Crippen molar-refractivity contribution in [3.05, 3.63) is 16.9 Å². The zero-order valence-corrected chi connectivity index (χ0v) is 6.56. The van der Waals surface area contributed by atoms with Crippen LogP contribution < -0.4 is 0 Å². The Morgan fingerprint density at radius 2 is 2.17 bits per heavy atom. The first kappa shape index (κ1) is 8.34. The summed E-state index contributed by atoms with van der Waals surface area (Å²) in [6.07, 6.45) is -3.45. The molecule has 2 unspecified atom stereocenters. The SMILES string of the molecule is [O-][N@@+]12CC=C(C(F)(F)F)C1C2Cl. The number of fused-ring (bicyclic) bond motifs is 1. The third kappa shape index (κ3) is 0.841. The largest absolute Gasteiger partial charge is 0.631 e. The van der Waals surface area contributed by atoms with Gasteiger partial charge in [-0.2, -0.15) is 13.2 Å². The summed E-state index contributed by atoms with van der Waals surface area (Å²) in [5, 5.41) is 11.2. The van der Waals surface area contributed by atoms with E-state index in [-0.39, 0.29) is 6.54 Å². The third-order valence-corrected chi connectivity index (χ3v) is 2.87. The van der Waals surface area contributed by atoms with Crippen molar-refractivity contribution in [1.29, 1.82) is 0 Å². The van der Waals surface area contributed by atoms with E-state index in [1.54, 1.807) is 0 Å². The van der Waals surface area contributed by atoms with E-state index in [0.717, 1.165) is 6.08 Å². The van der Waals surface area contributed by atoms with Crippen molar-refractivity contribution >= 4 is 11.6 Å². The summed E-state index contributed by atoms with van der Waals surface area (Å²) >= 11 is 5.41. The first-order valence-electron chi connectivity index (χ1n) is 3.37. The maximum atomic E-state index is 12.1. The van der Waals surface area contributed by atoms with Crippen molar-refractivity contribution in [3.63, 3.8) is 0 Å². The second-order valence-electron chi connectivity index (χ2n) is 3.01. The van der Waals surface area contributed by atoms with Crippen LogP contribution in [0.3, 0.4) is 0 Å². The molecule has 3 atom stereocenters. The molecule has 0 amide bonds. The highest BCUT2D eigenvalue weighted by Crippen LogP contribution is 2.53. The van der Waals surface area contributed by atoms with E-state index in [9.17, 15) is 18.4 Å². The standard InChI is InChI=1S/C6H5ClF3NO/c7-5-4-3(6(8,9)10)1-2-11(4,5)12/h1,4-5H,2H2/t4?,5?,11-/m0/s1. The highest BCUT2D eigenvalue weighted by Gasteiger charge is 2.69. The number of hydrogen-bond donors (Lipinski definition) is 0. The van der Waals surface area contributed by atoms with Gasteiger partial charge in [-0.25, -0.2) is 0 Å². The van der Waals surface area contributed by atoms with Crippen molar-refractivity contribution in [1.82, 2.24) is 0 Å². The highest BCUT2D eigenvalue weighted by molar-refractivity contribution is 6.21. The predicted molar refractivity (Wildman–Crippen MR) is 36.1 cm³/mol. The number of alkyl halides is 4. The molecule has 1 saturated heterocycles. The molecule has 2 heterocycles. The number of rotatable bonds is 0. The molecule has 0 radical (unpaired) electrons. The zero-order valence-electron chi connectivity index (χ0n) is 5.81. The van der Waals surface area contributed by atoms with Crippen LogP contribution in [0.25, 0.3) is 0 Å². The second kappa shape index (κ2) is 1.97. The monoisotopic (exact) mass is 199 g/mol. The summed E-state index contributed by atoms with van der Waals surface area (Å²) in [6.45, 7) is -0.145. The normalized spacial score (nSPS) is 45.6. The minimum Gasteiger partial charge on any atom is -0.631 e. The van der Waals surface area contributed by atoms with Crippen molar-refractivity contribution in [3.8, 4) is 0 Å². The quantitative estimate of drug-likeness (QED) is 0.146. The molecule has 2 nitrogen and oxygen atoms in total. The Morgan fingerprint density at radius 3 is 2.42 bits per heavy atom. The third-order valence-electron chi connectivity index (χ3n) is 2.30. The Labute approximate surface area is 71.4 Å². The van der Waals surface area contributed by atoms with Crippen molar-refractivity contribution < 1.29 is 17.8 Å². The summed E-state index contributed by atoms with van der Waals surface area (Å²) < 4.78 is 35.4. The van der Waals surface area contributed by atoms with Gasteiger partial charge in [-0.1, -0.05) is 11.6 Å². The lowest BCUT2D eigenvalue weighted by molar-refractivity contribution is -0.751. The molecule has 0 aromatic heterocycles. The fourth-order valence-electron chi connectivity index (χ4n) is 1.57. The number of halogens is 4. The molecular weight excluding hydrogens is 195 g/mol. The van der Waals surface area contributed by atoms with E-state index in [2.05, 4.69) is 0 Å². The van der Waals surface area contributed by atoms with Crippen LogP contribution in [0, 0.1) is 5.21 Å². The second-order valence-corrected chi connectivity index (χ2v) is 3.46. The molecular formula is C6H5ClF3NO. The Hall–Kier alpha value is -0.260. The van der Waals surface area contributed by atoms with E-state index in [1.165, 1.54) is 0 Å². The first-order valence-corrected chi connectivity index (χ1v) is 3.81. The minimum absolute atomic E-state index is 0.145. The number of nitrogens with zero attached hydrogens (tertiary/aromatic N) is 1. The summed E-state index contributed by atoms with van der Waals surface area (Å²) in [5.74, 6) is 0. The molecule has 6 heteroatoms. The lowest BCUT2D eigenvalue weighted by Crippen LogP contribution is -2.19. The maximum Gasteiger partial charge on any atom is 0.418 e. The Morgan fingerprint density at radius 1 is 1.58 bits per heavy atom. The van der Waals surface area contributed by atoms with Crippen molar-refractivity contribution in [2.45, 2.75) is 17.7 Å². The molecule has 0 saturated carbocycles. The van der Waals surface area contributed by atoms with Gasteiger partial charge in [-0.15, -0.1) is 0 Å². The zero-order chi connectivity index (χ0) is 9.15. The van der Waals surface area contributed by atoms with Gasteiger partial charge >= 0.3 is 6.18 Å². The molecule has 12 heavy (non-hydrogen) atoms. The molecule has 2 aliphatic rings. The fraction of sp³-hybridized carbons (Fsp3) is 0.667. The molecule has 2 aliphatic heterocycles. The molecule has 68 valence electrons. The first-order chi connectivity index (χ1) is 5.37. The Kier molecular flexibility index (Phi) is 1.37. The van der Waals surface area contributed by atoms with Crippen LogP contribution in [0.4, 0.5) is 13.2 Å². The fourth-order valence-corrected chi connectivity index (χ4v) is 2.03. The van der Waals surface area contributed by atoms with Gasteiger partial charge in [-0.05, 0) is 6.08 Å². The molecule has 0 aromatic rings. The summed E-state index contributed by atoms with van der Waals surface area (Å²) in [4.78, 5) is 0. The average Bonchev–Trinajstić information content (AvgIpc) is 2.37. The lowest BCUT2D eigenvalue weighted by atomic mass is 10.2. The van der Waals surface area contributed by atoms with Gasteiger partial charge in [0.2, 0.25) is 5.50 Å². The molecule has 0 aliphatic carbocycles. The smallest absolute Gasteiger partial charge is 0.418 e. The molecule has 2 rings (SSSR count). The van der Waals surface area contributed by atoms with E-state index in [0.29, 0.717) is 0 Å². The van der Waals surface area contributed by atoms with Crippen LogP contribution in [-0.2, 0) is 0 Å². The van der Waals surface area contributed by atoms with Crippen molar-refractivity contribution in [2.75, 3.05) is 6.54 Å². The minimum atomic E-state index is -4.39. The molecule has 0 spiro atoms. The van der Waals surface area contributed by atoms with Crippen LogP contribution in [-0.4, -0.2) is 28.9 Å². The van der Waals surface area contributed by atoms with Gasteiger partial charge in [0.05, 0.1) is 12.1 Å². The highest BCUT2D eigenvalue weighted by atomic mass is 35.5. The summed E-state index contributed by atoms with van der Waals surface area (Å²) in [5.41, 5.74) is -1.68. The van der Waals surface area contributed by atoms with Gasteiger partial charge in [0.1, 0.15) is 0 Å². The van der Waals surface area contributed by atoms with Gasteiger partial charge in [-0.3, -0.25) is 0 Å². The summed E-state index contributed by atoms with van der Waals surface area (Å²) in [7, 11) is 0. The number of hydroxylamine groups is 3. The predicted octanol–water partition coefficient (Wildman–Crippen LogP) is 1.75. The molecule has 0 N–H and O–H groups in total. The summed E-state index contributed by atoms with van der Waals surface area (Å²) in [6, 6.07) is -1.06. The maximum absolute atomic E-state index is 12.1. The van der Waals surface area contributed by atoms with Crippen LogP contribution in [0.2, 0.25) is 0 Å². The molecule has 0 bridgehead atoms. The van der Waals surface area contributed by atoms with E-state index in [1.807, 2.05) is 0 Å². The van der Waals surface area contributed by atoms with Crippen LogP contribution >= 0.6 is 11.6 Å². The number of hydrogen-bond acceptors (Lipinski definition) is 1. The Bertz CT molecular complexity index is 264. The lowest BCUT2D eigenvalue weighted by Gasteiger charge is -2.18.